The highest BCUT2D eigenvalue weighted by Crippen LogP contribution is 2.30. The number of alkyl carbamates (subject to hydrolysis) is 1. The number of nitrogens with two attached hydrogens (primary N) is 1. The van der Waals surface area contributed by atoms with Crippen LogP contribution in [0.5, 0.6) is 0 Å². The highest BCUT2D eigenvalue weighted by molar-refractivity contribution is 7.99. The number of esters is 2. The average Bonchev–Trinajstić information content (AvgIpc) is 2.87. The Morgan fingerprint density at radius 3 is 2.23 bits per heavy atom. The summed E-state index contributed by atoms with van der Waals surface area (Å²) in [5.74, 6) is -0.934. The molecule has 0 aliphatic rings. The zero-order valence-electron chi connectivity index (χ0n) is 27.1. The maximum absolute atomic E-state index is 12.8. The fraction of sp³-hybridized carbons (Fsp3) is 0.548. The topological polar surface area (TPSA) is 172 Å². The van der Waals surface area contributed by atoms with Crippen LogP contribution in [0.1, 0.15) is 82.3 Å². The monoisotopic (exact) mass is 631 g/mol. The number of nitrogens with one attached hydrogen (secondary N) is 2. The predicted molar refractivity (Wildman–Crippen MR) is 169 cm³/mol. The van der Waals surface area contributed by atoms with Gasteiger partial charge in [-0.25, -0.2) is 24.4 Å². The molecule has 2 aromatic rings. The number of thioether (sulfide) groups is 1. The molecule has 0 fully saturated rings. The van der Waals surface area contributed by atoms with Crippen molar-refractivity contribution < 1.29 is 33.4 Å². The van der Waals surface area contributed by atoms with Crippen LogP contribution in [0.4, 0.5) is 10.7 Å². The van der Waals surface area contributed by atoms with Gasteiger partial charge < -0.3 is 30.6 Å². The van der Waals surface area contributed by atoms with Gasteiger partial charge >= 0.3 is 18.0 Å². The van der Waals surface area contributed by atoms with Crippen LogP contribution in [0.25, 0.3) is 11.3 Å². The second-order valence-electron chi connectivity index (χ2n) is 12.2. The minimum absolute atomic E-state index is 0.0546. The Labute approximate surface area is 263 Å². The lowest BCUT2D eigenvalue weighted by Gasteiger charge is -2.21. The minimum atomic E-state index is -0.858. The Bertz CT molecular complexity index is 1350. The summed E-state index contributed by atoms with van der Waals surface area (Å²) in [6.07, 6.45) is 0.238. The van der Waals surface area contributed by atoms with E-state index >= 15 is 0 Å². The lowest BCUT2D eigenvalue weighted by Crippen LogP contribution is -2.42. The smallest absolute Gasteiger partial charge is 0.407 e. The second kappa shape index (κ2) is 15.7. The third-order valence-electron chi connectivity index (χ3n) is 5.92. The first-order valence-corrected chi connectivity index (χ1v) is 15.3. The van der Waals surface area contributed by atoms with E-state index in [0.29, 0.717) is 34.0 Å². The average molecular weight is 632 g/mol. The van der Waals surface area contributed by atoms with Gasteiger partial charge in [-0.1, -0.05) is 6.07 Å². The number of hydrogen-bond donors (Lipinski definition) is 3. The Morgan fingerprint density at radius 1 is 0.955 bits per heavy atom. The summed E-state index contributed by atoms with van der Waals surface area (Å²) in [7, 11) is 1.25. The number of aryl methyl sites for hydroxylation is 2. The molecule has 13 heteroatoms. The van der Waals surface area contributed by atoms with Crippen molar-refractivity contribution >= 4 is 41.6 Å². The zero-order chi connectivity index (χ0) is 33.2. The van der Waals surface area contributed by atoms with Crippen LogP contribution >= 0.6 is 11.8 Å². The van der Waals surface area contributed by atoms with Crippen molar-refractivity contribution in [1.82, 2.24) is 20.6 Å². The molecule has 0 bridgehead atoms. The van der Waals surface area contributed by atoms with Crippen LogP contribution in [0, 0.1) is 13.8 Å². The number of methoxy groups -OCH3 is 1. The number of amides is 2. The van der Waals surface area contributed by atoms with Gasteiger partial charge in [-0.15, -0.1) is 11.8 Å². The van der Waals surface area contributed by atoms with Gasteiger partial charge in [0.2, 0.25) is 11.9 Å². The van der Waals surface area contributed by atoms with E-state index in [1.165, 1.54) is 18.9 Å². The maximum atomic E-state index is 12.8. The second-order valence-corrected chi connectivity index (χ2v) is 13.4. The molecule has 44 heavy (non-hydrogen) atoms. The van der Waals surface area contributed by atoms with Crippen LogP contribution in [-0.4, -0.2) is 70.6 Å². The number of hydrogen-bond acceptors (Lipinski definition) is 11. The van der Waals surface area contributed by atoms with Crippen molar-refractivity contribution in [3.8, 4) is 11.3 Å². The van der Waals surface area contributed by atoms with E-state index in [4.69, 9.17) is 19.9 Å². The predicted octanol–water partition coefficient (Wildman–Crippen LogP) is 4.74. The summed E-state index contributed by atoms with van der Waals surface area (Å²) >= 11 is 1.31. The third kappa shape index (κ3) is 12.4. The molecule has 2 amide bonds. The summed E-state index contributed by atoms with van der Waals surface area (Å²) in [6.45, 7) is 14.8. The Kier molecular flexibility index (Phi) is 13.0. The van der Waals surface area contributed by atoms with Gasteiger partial charge in [0.1, 0.15) is 22.3 Å². The number of anilines is 1. The first kappa shape index (κ1) is 36.3. The highest BCUT2D eigenvalue weighted by atomic mass is 32.2. The van der Waals surface area contributed by atoms with Crippen LogP contribution in [0.15, 0.2) is 23.2 Å². The Balaban J connectivity index is 2.02. The van der Waals surface area contributed by atoms with E-state index in [1.807, 2.05) is 40.7 Å². The molecule has 2 rings (SSSR count). The van der Waals surface area contributed by atoms with E-state index in [-0.39, 0.29) is 31.2 Å². The molecule has 1 aromatic carbocycles. The van der Waals surface area contributed by atoms with E-state index in [9.17, 15) is 19.2 Å². The molecular weight excluding hydrogens is 586 g/mol. The summed E-state index contributed by atoms with van der Waals surface area (Å²) in [6, 6.07) is 4.54. The number of ether oxygens (including phenoxy) is 3. The van der Waals surface area contributed by atoms with Gasteiger partial charge in [-0.2, -0.15) is 0 Å². The van der Waals surface area contributed by atoms with E-state index in [2.05, 4.69) is 20.6 Å². The molecule has 242 valence electrons. The first-order valence-electron chi connectivity index (χ1n) is 14.3. The normalized spacial score (nSPS) is 12.2. The van der Waals surface area contributed by atoms with E-state index < -0.39 is 35.3 Å². The molecule has 0 spiro atoms. The molecule has 0 aliphatic carbocycles. The standard InChI is InChI=1S/C31H45N5O7S/c1-18-15-19(2)21(26(38)42-30(3,4)5)16-20(18)23-17-25(36-28(32)35-23)44-14-12-24(37)34-22(27(39)41-9)11-10-13-33-29(40)43-31(6,7)8/h15-17,22H,10-14H2,1-9H3,(H,33,40)(H,34,37)(H2,32,35,36)/t22-/m0/s1. The maximum Gasteiger partial charge on any atom is 0.407 e. The van der Waals surface area contributed by atoms with Crippen molar-refractivity contribution in [2.24, 2.45) is 0 Å². The highest BCUT2D eigenvalue weighted by Gasteiger charge is 2.23. The van der Waals surface area contributed by atoms with Gasteiger partial charge in [0.15, 0.2) is 0 Å². The number of aromatic nitrogens is 2. The van der Waals surface area contributed by atoms with Crippen LogP contribution in [0.3, 0.4) is 0 Å². The van der Waals surface area contributed by atoms with Crippen LogP contribution in [-0.2, 0) is 23.8 Å². The molecule has 0 aliphatic heterocycles. The molecule has 4 N–H and O–H groups in total. The number of nitrogen functional groups attached to an aromatic ring is 1. The van der Waals surface area contributed by atoms with Crippen LogP contribution < -0.4 is 16.4 Å². The lowest BCUT2D eigenvalue weighted by molar-refractivity contribution is -0.145. The summed E-state index contributed by atoms with van der Waals surface area (Å²) in [4.78, 5) is 58.2. The van der Waals surface area contributed by atoms with Gasteiger partial charge in [0.05, 0.1) is 18.4 Å². The SMILES string of the molecule is COC(=O)[C@H](CCCNC(=O)OC(C)(C)C)NC(=O)CCSc1cc(-c2cc(C(=O)OC(C)(C)C)c(C)cc2C)nc(N)n1. The summed E-state index contributed by atoms with van der Waals surface area (Å²) in [5.41, 5.74) is 8.14. The third-order valence-corrected chi connectivity index (χ3v) is 6.84. The number of benzene rings is 1. The van der Waals surface area contributed by atoms with Gasteiger partial charge in [0.25, 0.3) is 0 Å². The molecule has 1 atom stereocenters. The summed E-state index contributed by atoms with van der Waals surface area (Å²) < 4.78 is 15.6. The van der Waals surface area contributed by atoms with Crippen molar-refractivity contribution in [3.63, 3.8) is 0 Å². The lowest BCUT2D eigenvalue weighted by atomic mass is 9.97. The molecule has 0 unspecified atom stereocenters. The van der Waals surface area contributed by atoms with Crippen molar-refractivity contribution in [2.45, 2.75) is 96.9 Å². The van der Waals surface area contributed by atoms with Gasteiger partial charge in [-0.05, 0) is 91.5 Å². The zero-order valence-corrected chi connectivity index (χ0v) is 27.9. The number of rotatable bonds is 12. The van der Waals surface area contributed by atoms with E-state index in [0.717, 1.165) is 11.1 Å². The molecule has 1 aromatic heterocycles. The fourth-order valence-corrected chi connectivity index (χ4v) is 4.90. The number of carbonyl (C=O) groups is 4. The first-order chi connectivity index (χ1) is 20.4. The molecular formula is C31H45N5O7S. The fourth-order valence-electron chi connectivity index (χ4n) is 4.05. The van der Waals surface area contributed by atoms with Gasteiger partial charge in [0, 0.05) is 24.3 Å². The van der Waals surface area contributed by atoms with Crippen LogP contribution in [0.2, 0.25) is 0 Å². The van der Waals surface area contributed by atoms with Gasteiger partial charge in [-0.3, -0.25) is 4.79 Å². The quantitative estimate of drug-likeness (QED) is 0.0971. The molecule has 0 saturated heterocycles. The summed E-state index contributed by atoms with van der Waals surface area (Å²) in [5, 5.41) is 5.88. The number of carbonyl (C=O) groups excluding carboxylic acids is 4. The molecule has 0 saturated carbocycles. The van der Waals surface area contributed by atoms with E-state index in [1.54, 1.807) is 32.9 Å². The number of nitrogens with zero attached hydrogens (tertiary/aromatic N) is 2. The van der Waals surface area contributed by atoms with Crippen molar-refractivity contribution in [2.75, 3.05) is 25.1 Å². The molecule has 0 radical (unpaired) electrons. The van der Waals surface area contributed by atoms with Crippen molar-refractivity contribution in [1.29, 1.82) is 0 Å². The van der Waals surface area contributed by atoms with Crippen molar-refractivity contribution in [3.05, 3.63) is 34.9 Å². The minimum Gasteiger partial charge on any atom is -0.467 e. The molecule has 1 heterocycles. The Hall–Kier alpha value is -3.87. The molecule has 12 nitrogen and oxygen atoms in total. The largest absolute Gasteiger partial charge is 0.467 e. The Morgan fingerprint density at radius 2 is 1.61 bits per heavy atom.